The number of aromatic nitrogens is 2. The Balaban J connectivity index is 2.27. The highest BCUT2D eigenvalue weighted by Crippen LogP contribution is 2.20. The summed E-state index contributed by atoms with van der Waals surface area (Å²) in [5.74, 6) is -0.771. The number of carbonyl (C=O) groups is 1. The average molecular weight is 274 g/mol. The molecule has 2 N–H and O–H groups in total. The van der Waals surface area contributed by atoms with Crippen LogP contribution < -0.4 is 4.90 Å². The van der Waals surface area contributed by atoms with Gasteiger partial charge in [-0.15, -0.1) is 0 Å². The molecule has 1 aliphatic rings. The van der Waals surface area contributed by atoms with Crippen LogP contribution >= 0.6 is 15.9 Å². The third-order valence-electron chi connectivity index (χ3n) is 2.08. The lowest BCUT2D eigenvalue weighted by molar-refractivity contribution is 0.0689. The molecule has 0 amide bonds. The largest absolute Gasteiger partial charge is 0.476 e. The van der Waals surface area contributed by atoms with Gasteiger partial charge in [-0.1, -0.05) is 0 Å². The summed E-state index contributed by atoms with van der Waals surface area (Å²) < 4.78 is 0.347. The molecule has 0 radical (unpaired) electrons. The molecular weight excluding hydrogens is 266 g/mol. The van der Waals surface area contributed by atoms with Crippen LogP contribution in [0, 0.1) is 0 Å². The maximum Gasteiger partial charge on any atom is 0.355 e. The van der Waals surface area contributed by atoms with Crippen LogP contribution in [0.1, 0.15) is 10.5 Å². The smallest absolute Gasteiger partial charge is 0.355 e. The molecule has 1 fully saturated rings. The van der Waals surface area contributed by atoms with Crippen LogP contribution in [-0.2, 0) is 0 Å². The van der Waals surface area contributed by atoms with E-state index in [1.807, 2.05) is 0 Å². The predicted octanol–water partition coefficient (Wildman–Crippen LogP) is 0.118. The molecule has 6 nitrogen and oxygen atoms in total. The lowest BCUT2D eigenvalue weighted by Crippen LogP contribution is -2.51. The first kappa shape index (κ1) is 10.3. The first-order valence-corrected chi connectivity index (χ1v) is 5.06. The maximum absolute atomic E-state index is 10.8. The zero-order valence-electron chi connectivity index (χ0n) is 7.59. The number of nitrogens with zero attached hydrogens (tertiary/aromatic N) is 3. The van der Waals surface area contributed by atoms with Crippen LogP contribution in [0.4, 0.5) is 5.95 Å². The molecule has 0 aliphatic carbocycles. The van der Waals surface area contributed by atoms with Crippen molar-refractivity contribution < 1.29 is 15.0 Å². The number of carboxylic acids is 1. The number of aromatic carboxylic acids is 1. The van der Waals surface area contributed by atoms with Crippen molar-refractivity contribution in [1.29, 1.82) is 0 Å². The van der Waals surface area contributed by atoms with Gasteiger partial charge in [-0.2, -0.15) is 0 Å². The summed E-state index contributed by atoms with van der Waals surface area (Å²) in [6, 6.07) is 0. The molecule has 7 heteroatoms. The van der Waals surface area contributed by atoms with E-state index in [1.165, 1.54) is 6.20 Å². The van der Waals surface area contributed by atoms with Gasteiger partial charge in [0.1, 0.15) is 0 Å². The highest BCUT2D eigenvalue weighted by atomic mass is 79.9. The molecule has 0 bridgehead atoms. The molecule has 1 saturated heterocycles. The molecule has 80 valence electrons. The zero-order valence-corrected chi connectivity index (χ0v) is 9.18. The van der Waals surface area contributed by atoms with E-state index < -0.39 is 5.97 Å². The molecule has 0 saturated carbocycles. The summed E-state index contributed by atoms with van der Waals surface area (Å²) in [5, 5.41) is 17.9. The van der Waals surface area contributed by atoms with Crippen LogP contribution in [0.15, 0.2) is 10.7 Å². The molecule has 1 aromatic heterocycles. The SMILES string of the molecule is O=C(O)c1nc(N2CC(O)C2)ncc1Br. The third kappa shape index (κ3) is 1.93. The first-order valence-electron chi connectivity index (χ1n) is 4.27. The quantitative estimate of drug-likeness (QED) is 0.796. The fourth-order valence-corrected chi connectivity index (χ4v) is 1.64. The Labute approximate surface area is 93.7 Å². The number of carboxylic acid groups (broad SMARTS) is 1. The van der Waals surface area contributed by atoms with Crippen molar-refractivity contribution in [2.45, 2.75) is 6.10 Å². The fourth-order valence-electron chi connectivity index (χ4n) is 1.28. The first-order chi connectivity index (χ1) is 7.08. The van der Waals surface area contributed by atoms with Gasteiger partial charge in [0.25, 0.3) is 0 Å². The van der Waals surface area contributed by atoms with E-state index in [2.05, 4.69) is 25.9 Å². The van der Waals surface area contributed by atoms with Gasteiger partial charge in [0, 0.05) is 19.3 Å². The minimum atomic E-state index is -1.11. The van der Waals surface area contributed by atoms with Gasteiger partial charge in [0.2, 0.25) is 5.95 Å². The van der Waals surface area contributed by atoms with Crippen LogP contribution in [-0.4, -0.2) is 45.3 Å². The van der Waals surface area contributed by atoms with E-state index in [1.54, 1.807) is 4.90 Å². The van der Waals surface area contributed by atoms with Crippen LogP contribution in [0.25, 0.3) is 0 Å². The van der Waals surface area contributed by atoms with Gasteiger partial charge in [0.15, 0.2) is 5.69 Å². The molecule has 0 aromatic carbocycles. The Morgan fingerprint density at radius 1 is 1.60 bits per heavy atom. The van der Waals surface area contributed by atoms with Crippen molar-refractivity contribution >= 4 is 27.8 Å². The van der Waals surface area contributed by atoms with E-state index in [9.17, 15) is 4.79 Å². The summed E-state index contributed by atoms with van der Waals surface area (Å²) in [6.07, 6.45) is 1.03. The van der Waals surface area contributed by atoms with Gasteiger partial charge < -0.3 is 15.1 Å². The number of rotatable bonds is 2. The molecule has 0 atom stereocenters. The van der Waals surface area contributed by atoms with Gasteiger partial charge in [-0.05, 0) is 15.9 Å². The van der Waals surface area contributed by atoms with Crippen molar-refractivity contribution in [3.8, 4) is 0 Å². The number of aliphatic hydroxyl groups is 1. The number of hydrogen-bond donors (Lipinski definition) is 2. The molecule has 1 aliphatic heterocycles. The van der Waals surface area contributed by atoms with E-state index in [-0.39, 0.29) is 11.8 Å². The molecule has 2 heterocycles. The third-order valence-corrected chi connectivity index (χ3v) is 2.66. The lowest BCUT2D eigenvalue weighted by Gasteiger charge is -2.35. The van der Waals surface area contributed by atoms with Gasteiger partial charge in [0.05, 0.1) is 10.6 Å². The Hall–Kier alpha value is -1.21. The molecule has 0 unspecified atom stereocenters. The number of anilines is 1. The lowest BCUT2D eigenvalue weighted by atomic mass is 10.2. The fraction of sp³-hybridized carbons (Fsp3) is 0.375. The van der Waals surface area contributed by atoms with E-state index in [0.717, 1.165) is 0 Å². The summed E-state index contributed by atoms with van der Waals surface area (Å²) in [6.45, 7) is 0.890. The Morgan fingerprint density at radius 2 is 2.27 bits per heavy atom. The van der Waals surface area contributed by atoms with E-state index in [0.29, 0.717) is 23.5 Å². The second-order valence-corrected chi connectivity index (χ2v) is 4.08. The molecule has 0 spiro atoms. The Bertz CT molecular complexity index is 406. The second-order valence-electron chi connectivity index (χ2n) is 3.23. The van der Waals surface area contributed by atoms with Crippen molar-refractivity contribution in [2.75, 3.05) is 18.0 Å². The summed E-state index contributed by atoms with van der Waals surface area (Å²) in [7, 11) is 0. The van der Waals surface area contributed by atoms with Gasteiger partial charge >= 0.3 is 5.97 Å². The van der Waals surface area contributed by atoms with Crippen molar-refractivity contribution in [1.82, 2.24) is 9.97 Å². The predicted molar refractivity (Wildman–Crippen MR) is 54.9 cm³/mol. The van der Waals surface area contributed by atoms with Crippen LogP contribution in [0.3, 0.4) is 0 Å². The van der Waals surface area contributed by atoms with Gasteiger partial charge in [-0.25, -0.2) is 14.8 Å². The summed E-state index contributed by atoms with van der Waals surface area (Å²) >= 11 is 3.06. The van der Waals surface area contributed by atoms with Crippen molar-refractivity contribution in [2.24, 2.45) is 0 Å². The highest BCUT2D eigenvalue weighted by Gasteiger charge is 2.27. The average Bonchev–Trinajstić information content (AvgIpc) is 2.14. The minimum Gasteiger partial charge on any atom is -0.476 e. The normalized spacial score (nSPS) is 16.3. The molecule has 1 aromatic rings. The van der Waals surface area contributed by atoms with Crippen molar-refractivity contribution in [3.63, 3.8) is 0 Å². The standard InChI is InChI=1S/C8H8BrN3O3/c9-5-1-10-8(11-6(5)7(14)15)12-2-4(13)3-12/h1,4,13H,2-3H2,(H,14,15). The topological polar surface area (TPSA) is 86.5 Å². The summed E-state index contributed by atoms with van der Waals surface area (Å²) in [4.78, 5) is 20.3. The summed E-state index contributed by atoms with van der Waals surface area (Å²) in [5.41, 5.74) is -0.0682. The number of halogens is 1. The van der Waals surface area contributed by atoms with Crippen LogP contribution in [0.5, 0.6) is 0 Å². The van der Waals surface area contributed by atoms with E-state index in [4.69, 9.17) is 10.2 Å². The van der Waals surface area contributed by atoms with Crippen LogP contribution in [0.2, 0.25) is 0 Å². The Morgan fingerprint density at radius 3 is 2.80 bits per heavy atom. The van der Waals surface area contributed by atoms with Gasteiger partial charge in [-0.3, -0.25) is 0 Å². The number of hydrogen-bond acceptors (Lipinski definition) is 5. The molecule has 15 heavy (non-hydrogen) atoms. The maximum atomic E-state index is 10.8. The van der Waals surface area contributed by atoms with Crippen molar-refractivity contribution in [3.05, 3.63) is 16.4 Å². The Kier molecular flexibility index (Phi) is 2.57. The molecule has 2 rings (SSSR count). The second kappa shape index (κ2) is 3.74. The number of β-amino-alcohol motifs (C(OH)–C–C–N with tert-alkyl or cyclic N) is 1. The highest BCUT2D eigenvalue weighted by molar-refractivity contribution is 9.10. The van der Waals surface area contributed by atoms with E-state index >= 15 is 0 Å². The minimum absolute atomic E-state index is 0.0682. The zero-order chi connectivity index (χ0) is 11.0. The molecular formula is C8H8BrN3O3. The monoisotopic (exact) mass is 273 g/mol. The number of aliphatic hydroxyl groups excluding tert-OH is 1.